The molecule has 1 aliphatic heterocycles. The van der Waals surface area contributed by atoms with Crippen molar-refractivity contribution in [3.63, 3.8) is 0 Å². The van der Waals surface area contributed by atoms with Crippen LogP contribution < -0.4 is 10.5 Å². The summed E-state index contributed by atoms with van der Waals surface area (Å²) in [7, 11) is 0. The maximum absolute atomic E-state index is 12.7. The maximum Gasteiger partial charge on any atom is 0.433 e. The zero-order valence-electron chi connectivity index (χ0n) is 14.2. The van der Waals surface area contributed by atoms with E-state index >= 15 is 0 Å². The molecule has 0 unspecified atom stereocenters. The second-order valence-corrected chi connectivity index (χ2v) is 6.89. The van der Waals surface area contributed by atoms with E-state index < -0.39 is 17.4 Å². The lowest BCUT2D eigenvalue weighted by Crippen LogP contribution is -2.49. The number of anilines is 1. The highest BCUT2D eigenvalue weighted by molar-refractivity contribution is 7.99. The second kappa shape index (κ2) is 8.03. The number of piperazine rings is 1. The number of nitrogens with zero attached hydrogens (tertiary/aromatic N) is 3. The van der Waals surface area contributed by atoms with Crippen LogP contribution in [0.2, 0.25) is 0 Å². The van der Waals surface area contributed by atoms with Crippen molar-refractivity contribution in [2.45, 2.75) is 11.3 Å². The number of hydrogen-bond donors (Lipinski definition) is 1. The van der Waals surface area contributed by atoms with E-state index in [-0.39, 0.29) is 16.8 Å². The summed E-state index contributed by atoms with van der Waals surface area (Å²) >= 11 is 0.792. The van der Waals surface area contributed by atoms with Gasteiger partial charge in [0.2, 0.25) is 5.91 Å². The van der Waals surface area contributed by atoms with Crippen LogP contribution >= 0.6 is 11.8 Å². The molecule has 0 bridgehead atoms. The lowest BCUT2D eigenvalue weighted by molar-refractivity contribution is -0.141. The van der Waals surface area contributed by atoms with E-state index in [1.165, 1.54) is 0 Å². The molecule has 0 spiro atoms. The fraction of sp³-hybridized carbons (Fsp3) is 0.353. The smallest absolute Gasteiger partial charge is 0.368 e. The Morgan fingerprint density at radius 3 is 2.44 bits per heavy atom. The van der Waals surface area contributed by atoms with Crippen molar-refractivity contribution >= 4 is 23.4 Å². The second-order valence-electron chi connectivity index (χ2n) is 5.93. The third-order valence-electron chi connectivity index (χ3n) is 4.10. The molecule has 144 valence electrons. The summed E-state index contributed by atoms with van der Waals surface area (Å²) in [4.78, 5) is 33.1. The number of para-hydroxylation sites is 1. The summed E-state index contributed by atoms with van der Waals surface area (Å²) < 4.78 is 38.1. The molecule has 1 N–H and O–H groups in total. The Balaban J connectivity index is 1.55. The third kappa shape index (κ3) is 5.03. The Bertz CT molecular complexity index is 849. The molecule has 0 atom stereocenters. The number of aromatic amines is 1. The molecule has 1 saturated heterocycles. The molecule has 0 aliphatic carbocycles. The zero-order valence-corrected chi connectivity index (χ0v) is 15.0. The van der Waals surface area contributed by atoms with Gasteiger partial charge in [-0.1, -0.05) is 30.0 Å². The van der Waals surface area contributed by atoms with Gasteiger partial charge in [0.1, 0.15) is 0 Å². The van der Waals surface area contributed by atoms with Gasteiger partial charge in [0, 0.05) is 37.9 Å². The number of aromatic nitrogens is 2. The molecule has 1 aliphatic rings. The van der Waals surface area contributed by atoms with E-state index in [4.69, 9.17) is 0 Å². The number of halogens is 3. The number of rotatable bonds is 4. The van der Waals surface area contributed by atoms with Gasteiger partial charge < -0.3 is 14.8 Å². The predicted octanol–water partition coefficient (Wildman–Crippen LogP) is 2.23. The number of hydrogen-bond acceptors (Lipinski definition) is 5. The molecule has 27 heavy (non-hydrogen) atoms. The zero-order chi connectivity index (χ0) is 19.4. The van der Waals surface area contributed by atoms with Gasteiger partial charge in [-0.25, -0.2) is 4.98 Å². The number of carbonyl (C=O) groups is 1. The van der Waals surface area contributed by atoms with Gasteiger partial charge in [-0.2, -0.15) is 13.2 Å². The van der Waals surface area contributed by atoms with Crippen molar-refractivity contribution < 1.29 is 18.0 Å². The SMILES string of the molecule is O=C(CSc1nc(C(F)(F)F)cc(=O)[nH]1)N1CCN(c2ccccc2)CC1. The van der Waals surface area contributed by atoms with E-state index in [1.807, 2.05) is 30.3 Å². The Labute approximate surface area is 157 Å². The summed E-state index contributed by atoms with van der Waals surface area (Å²) in [5.74, 6) is -0.289. The van der Waals surface area contributed by atoms with Gasteiger partial charge in [-0.15, -0.1) is 0 Å². The van der Waals surface area contributed by atoms with Crippen LogP contribution in [0.15, 0.2) is 46.3 Å². The first-order valence-corrected chi connectivity index (χ1v) is 9.20. The molecular weight excluding hydrogens is 381 g/mol. The van der Waals surface area contributed by atoms with Crippen molar-refractivity contribution in [1.82, 2.24) is 14.9 Å². The van der Waals surface area contributed by atoms with Crippen LogP contribution in [0.25, 0.3) is 0 Å². The number of benzene rings is 1. The molecule has 3 rings (SSSR count). The largest absolute Gasteiger partial charge is 0.433 e. The van der Waals surface area contributed by atoms with Crippen molar-refractivity contribution in [1.29, 1.82) is 0 Å². The molecule has 0 radical (unpaired) electrons. The number of nitrogens with one attached hydrogen (secondary N) is 1. The minimum Gasteiger partial charge on any atom is -0.368 e. The van der Waals surface area contributed by atoms with Gasteiger partial charge >= 0.3 is 6.18 Å². The monoisotopic (exact) mass is 398 g/mol. The summed E-state index contributed by atoms with van der Waals surface area (Å²) in [6.07, 6.45) is -4.71. The number of carbonyl (C=O) groups excluding carboxylic acids is 1. The van der Waals surface area contributed by atoms with Crippen LogP contribution in [0.3, 0.4) is 0 Å². The van der Waals surface area contributed by atoms with E-state index in [0.717, 1.165) is 17.4 Å². The van der Waals surface area contributed by atoms with Crippen LogP contribution in [0.1, 0.15) is 5.69 Å². The Kier molecular flexibility index (Phi) is 5.73. The van der Waals surface area contributed by atoms with E-state index in [2.05, 4.69) is 14.9 Å². The summed E-state index contributed by atoms with van der Waals surface area (Å²) in [5, 5.41) is -0.217. The van der Waals surface area contributed by atoms with Crippen molar-refractivity contribution in [3.8, 4) is 0 Å². The van der Waals surface area contributed by atoms with Crippen molar-refractivity contribution in [2.24, 2.45) is 0 Å². The van der Waals surface area contributed by atoms with E-state index in [1.54, 1.807) is 4.90 Å². The quantitative estimate of drug-likeness (QED) is 0.632. The first-order valence-electron chi connectivity index (χ1n) is 8.22. The van der Waals surface area contributed by atoms with Crippen molar-refractivity contribution in [3.05, 3.63) is 52.4 Å². The molecule has 2 aromatic rings. The van der Waals surface area contributed by atoms with Crippen LogP contribution in [-0.4, -0.2) is 52.7 Å². The van der Waals surface area contributed by atoms with Gasteiger partial charge in [0.05, 0.1) is 5.75 Å². The average molecular weight is 398 g/mol. The van der Waals surface area contributed by atoms with Crippen LogP contribution in [0.5, 0.6) is 0 Å². The maximum atomic E-state index is 12.7. The predicted molar refractivity (Wildman–Crippen MR) is 95.8 cm³/mol. The topological polar surface area (TPSA) is 69.3 Å². The highest BCUT2D eigenvalue weighted by Gasteiger charge is 2.33. The van der Waals surface area contributed by atoms with Gasteiger partial charge in [0.15, 0.2) is 10.9 Å². The fourth-order valence-corrected chi connectivity index (χ4v) is 3.50. The third-order valence-corrected chi connectivity index (χ3v) is 4.95. The fourth-order valence-electron chi connectivity index (χ4n) is 2.72. The molecule has 1 fully saturated rings. The normalized spacial score (nSPS) is 15.1. The molecule has 6 nitrogen and oxygen atoms in total. The summed E-state index contributed by atoms with van der Waals surface area (Å²) in [6.45, 7) is 2.42. The Morgan fingerprint density at radius 2 is 1.81 bits per heavy atom. The van der Waals surface area contributed by atoms with E-state index in [9.17, 15) is 22.8 Å². The summed E-state index contributed by atoms with van der Waals surface area (Å²) in [5.41, 5.74) is -1.08. The molecular formula is C17H17F3N4O2S. The minimum atomic E-state index is -4.71. The Hall–Kier alpha value is -2.49. The number of H-pyrrole nitrogens is 1. The molecule has 1 aromatic heterocycles. The minimum absolute atomic E-state index is 0.0877. The van der Waals surface area contributed by atoms with Gasteiger partial charge in [-0.05, 0) is 12.1 Å². The van der Waals surface area contributed by atoms with E-state index in [0.29, 0.717) is 32.2 Å². The lowest BCUT2D eigenvalue weighted by Gasteiger charge is -2.36. The van der Waals surface area contributed by atoms with Crippen molar-refractivity contribution in [2.75, 3.05) is 36.8 Å². The van der Waals surface area contributed by atoms with Crippen LogP contribution in [0, 0.1) is 0 Å². The standard InChI is InChI=1S/C17H17F3N4O2S/c18-17(19,20)13-10-14(25)22-16(21-13)27-11-15(26)24-8-6-23(7-9-24)12-4-2-1-3-5-12/h1-5,10H,6-9,11H2,(H,21,22,25). The Morgan fingerprint density at radius 1 is 1.15 bits per heavy atom. The molecule has 1 aromatic carbocycles. The molecule has 0 saturated carbocycles. The van der Waals surface area contributed by atoms with Gasteiger partial charge in [0.25, 0.3) is 5.56 Å². The highest BCUT2D eigenvalue weighted by atomic mass is 32.2. The lowest BCUT2D eigenvalue weighted by atomic mass is 10.2. The van der Waals surface area contributed by atoms with Crippen LogP contribution in [0.4, 0.5) is 18.9 Å². The average Bonchev–Trinajstić information content (AvgIpc) is 2.66. The highest BCUT2D eigenvalue weighted by Crippen LogP contribution is 2.27. The molecule has 10 heteroatoms. The summed E-state index contributed by atoms with van der Waals surface area (Å²) in [6, 6.07) is 10.2. The van der Waals surface area contributed by atoms with Crippen LogP contribution in [-0.2, 0) is 11.0 Å². The first kappa shape index (κ1) is 19.3. The number of alkyl halides is 3. The first-order chi connectivity index (χ1) is 12.8. The van der Waals surface area contributed by atoms with Gasteiger partial charge in [-0.3, -0.25) is 9.59 Å². The molecule has 1 amide bonds. The number of amides is 1. The molecule has 2 heterocycles. The number of thioether (sulfide) groups is 1.